The average Bonchev–Trinajstić information content (AvgIpc) is 3.07. The van der Waals surface area contributed by atoms with E-state index < -0.39 is 35.8 Å². The van der Waals surface area contributed by atoms with Crippen LogP contribution in [0.2, 0.25) is 0 Å². The average molecular weight is 500 g/mol. The second kappa shape index (κ2) is 10.0. The van der Waals surface area contributed by atoms with Crippen LogP contribution in [0.15, 0.2) is 18.2 Å². The molecule has 10 heteroatoms. The van der Waals surface area contributed by atoms with Crippen molar-refractivity contribution in [2.45, 2.75) is 77.5 Å². The number of imide groups is 2. The van der Waals surface area contributed by atoms with Gasteiger partial charge in [0.15, 0.2) is 0 Å². The molecule has 0 aromatic heterocycles. The zero-order chi connectivity index (χ0) is 26.2. The molecule has 10 nitrogen and oxygen atoms in total. The molecule has 5 amide bonds. The second-order valence-electron chi connectivity index (χ2n) is 10.8. The van der Waals surface area contributed by atoms with Crippen LogP contribution in [0.25, 0.3) is 0 Å². The van der Waals surface area contributed by atoms with Crippen molar-refractivity contribution in [1.29, 1.82) is 0 Å². The van der Waals surface area contributed by atoms with Gasteiger partial charge in [-0.05, 0) is 49.1 Å². The Morgan fingerprint density at radius 2 is 1.89 bits per heavy atom. The fourth-order valence-corrected chi connectivity index (χ4v) is 5.44. The zero-order valence-corrected chi connectivity index (χ0v) is 20.9. The Labute approximate surface area is 209 Å². The predicted molar refractivity (Wildman–Crippen MR) is 128 cm³/mol. The minimum atomic E-state index is -0.987. The Morgan fingerprint density at radius 3 is 2.56 bits per heavy atom. The van der Waals surface area contributed by atoms with Crippen LogP contribution in [-0.2, 0) is 20.7 Å². The van der Waals surface area contributed by atoms with Crippen molar-refractivity contribution in [2.24, 2.45) is 5.41 Å². The van der Waals surface area contributed by atoms with Gasteiger partial charge in [0.05, 0.1) is 17.2 Å². The summed E-state index contributed by atoms with van der Waals surface area (Å²) in [6.07, 6.45) is 1.65. The molecular formula is C26H33N3O7. The lowest BCUT2D eigenvalue weighted by Gasteiger charge is -2.44. The van der Waals surface area contributed by atoms with Gasteiger partial charge in [-0.2, -0.15) is 0 Å². The van der Waals surface area contributed by atoms with Crippen LogP contribution < -0.4 is 5.32 Å². The first-order valence-corrected chi connectivity index (χ1v) is 12.4. The number of nitrogens with one attached hydrogen (secondary N) is 1. The summed E-state index contributed by atoms with van der Waals surface area (Å²) in [7, 11) is 0. The smallest absolute Gasteiger partial charge is 0.407 e. The molecule has 4 rings (SSSR count). The quantitative estimate of drug-likeness (QED) is 0.454. The second-order valence-corrected chi connectivity index (χ2v) is 10.8. The molecule has 2 saturated heterocycles. The summed E-state index contributed by atoms with van der Waals surface area (Å²) < 4.78 is 6.10. The van der Waals surface area contributed by atoms with Crippen molar-refractivity contribution in [3.05, 3.63) is 34.9 Å². The highest BCUT2D eigenvalue weighted by molar-refractivity contribution is 6.24. The number of amides is 5. The molecule has 0 bridgehead atoms. The number of carbonyl (C=O) groups is 5. The molecule has 3 heterocycles. The van der Waals surface area contributed by atoms with Crippen LogP contribution in [0, 0.1) is 5.41 Å². The predicted octanol–water partition coefficient (Wildman–Crippen LogP) is 2.59. The Balaban J connectivity index is 1.37. The monoisotopic (exact) mass is 499 g/mol. The van der Waals surface area contributed by atoms with Crippen LogP contribution in [0.5, 0.6) is 0 Å². The maximum absolute atomic E-state index is 13.2. The highest BCUT2D eigenvalue weighted by Crippen LogP contribution is 2.34. The van der Waals surface area contributed by atoms with E-state index in [0.717, 1.165) is 10.5 Å². The molecule has 0 saturated carbocycles. The summed E-state index contributed by atoms with van der Waals surface area (Å²) in [4.78, 5) is 64.1. The van der Waals surface area contributed by atoms with E-state index in [-0.39, 0.29) is 36.0 Å². The van der Waals surface area contributed by atoms with Crippen molar-refractivity contribution in [3.8, 4) is 0 Å². The zero-order valence-electron chi connectivity index (χ0n) is 20.9. The van der Waals surface area contributed by atoms with Gasteiger partial charge in [-0.1, -0.05) is 32.9 Å². The molecule has 0 spiro atoms. The van der Waals surface area contributed by atoms with Crippen molar-refractivity contribution in [3.63, 3.8) is 0 Å². The highest BCUT2D eigenvalue weighted by atomic mass is 16.5. The maximum Gasteiger partial charge on any atom is 0.407 e. The SMILES string of the molecule is CC(C)(C)C1CC(OCCCc2cccc3c2C(=O)N(C2CCC(=O)NC2=O)C3=O)CCN1C(=O)O. The van der Waals surface area contributed by atoms with Crippen molar-refractivity contribution >= 4 is 29.7 Å². The standard InChI is InChI=1S/C26H33N3O7/c1-26(2,3)19-14-16(11-12-28(19)25(34)35)36-13-5-7-15-6-4-8-17-21(15)24(33)29(23(17)32)18-9-10-20(30)27-22(18)31/h4,6,8,16,18-19H,5,7,9-14H2,1-3H3,(H,34,35)(H,27,30,31). The number of fused-ring (bicyclic) bond motifs is 1. The van der Waals surface area contributed by atoms with Crippen LogP contribution in [0.4, 0.5) is 4.79 Å². The van der Waals surface area contributed by atoms with Gasteiger partial charge < -0.3 is 14.7 Å². The highest BCUT2D eigenvalue weighted by Gasteiger charge is 2.45. The normalized spacial score (nSPS) is 24.7. The molecule has 1 aromatic rings. The van der Waals surface area contributed by atoms with Crippen molar-refractivity contribution in [2.75, 3.05) is 13.2 Å². The number of piperidine rings is 2. The molecule has 2 N–H and O–H groups in total. The molecule has 3 atom stereocenters. The molecule has 3 aliphatic heterocycles. The third-order valence-electron chi connectivity index (χ3n) is 7.30. The number of carboxylic acid groups (broad SMARTS) is 1. The van der Waals surface area contributed by atoms with Crippen molar-refractivity contribution < 1.29 is 33.8 Å². The third kappa shape index (κ3) is 5.00. The van der Waals surface area contributed by atoms with E-state index in [2.05, 4.69) is 5.32 Å². The van der Waals surface area contributed by atoms with Crippen LogP contribution >= 0.6 is 0 Å². The van der Waals surface area contributed by atoms with Crippen LogP contribution in [0.1, 0.15) is 79.2 Å². The first kappa shape index (κ1) is 25.8. The number of carbonyl (C=O) groups excluding carboxylic acids is 4. The van der Waals surface area contributed by atoms with Crippen LogP contribution in [0.3, 0.4) is 0 Å². The summed E-state index contributed by atoms with van der Waals surface area (Å²) in [5.41, 5.74) is 1.11. The Kier molecular flexibility index (Phi) is 7.17. The topological polar surface area (TPSA) is 133 Å². The number of benzene rings is 1. The van der Waals surface area contributed by atoms with Gasteiger partial charge in [0.1, 0.15) is 6.04 Å². The van der Waals surface area contributed by atoms with Gasteiger partial charge in [0.25, 0.3) is 11.8 Å². The molecular weight excluding hydrogens is 466 g/mol. The van der Waals surface area contributed by atoms with E-state index in [1.165, 1.54) is 4.90 Å². The summed E-state index contributed by atoms with van der Waals surface area (Å²) in [5.74, 6) is -2.05. The Hall–Kier alpha value is -3.27. The Bertz CT molecular complexity index is 1090. The minimum absolute atomic E-state index is 0.0439. The Morgan fingerprint density at radius 1 is 1.14 bits per heavy atom. The first-order chi connectivity index (χ1) is 17.0. The van der Waals surface area contributed by atoms with Gasteiger partial charge in [0, 0.05) is 25.6 Å². The molecule has 36 heavy (non-hydrogen) atoms. The van der Waals surface area contributed by atoms with E-state index in [0.29, 0.717) is 44.4 Å². The van der Waals surface area contributed by atoms with Gasteiger partial charge in [-0.15, -0.1) is 0 Å². The number of hydrogen-bond acceptors (Lipinski definition) is 6. The summed E-state index contributed by atoms with van der Waals surface area (Å²) in [6.45, 7) is 6.96. The maximum atomic E-state index is 13.2. The van der Waals surface area contributed by atoms with Gasteiger partial charge in [-0.25, -0.2) is 4.79 Å². The lowest BCUT2D eigenvalue weighted by Crippen LogP contribution is -2.54. The molecule has 0 radical (unpaired) electrons. The number of ether oxygens (including phenoxy) is 1. The molecule has 1 aromatic carbocycles. The minimum Gasteiger partial charge on any atom is -0.465 e. The summed E-state index contributed by atoms with van der Waals surface area (Å²) in [6, 6.07) is 4.00. The number of aryl methyl sites for hydroxylation is 1. The van der Waals surface area contributed by atoms with E-state index >= 15 is 0 Å². The number of rotatable bonds is 6. The summed E-state index contributed by atoms with van der Waals surface area (Å²) >= 11 is 0. The fraction of sp³-hybridized carbons (Fsp3) is 0.577. The molecule has 0 aliphatic carbocycles. The van der Waals surface area contributed by atoms with E-state index in [4.69, 9.17) is 4.74 Å². The fourth-order valence-electron chi connectivity index (χ4n) is 5.44. The van der Waals surface area contributed by atoms with Gasteiger partial charge in [0.2, 0.25) is 11.8 Å². The molecule has 194 valence electrons. The number of hydrogen-bond donors (Lipinski definition) is 2. The van der Waals surface area contributed by atoms with E-state index in [9.17, 15) is 29.1 Å². The van der Waals surface area contributed by atoms with E-state index in [1.54, 1.807) is 18.2 Å². The lowest BCUT2D eigenvalue weighted by atomic mass is 9.80. The lowest BCUT2D eigenvalue weighted by molar-refractivity contribution is -0.136. The number of nitrogens with zero attached hydrogens (tertiary/aromatic N) is 2. The third-order valence-corrected chi connectivity index (χ3v) is 7.30. The van der Waals surface area contributed by atoms with Crippen LogP contribution in [-0.4, -0.2) is 76.0 Å². The van der Waals surface area contributed by atoms with Gasteiger partial charge >= 0.3 is 6.09 Å². The summed E-state index contributed by atoms with van der Waals surface area (Å²) in [5, 5.41) is 11.7. The first-order valence-electron chi connectivity index (χ1n) is 12.4. The largest absolute Gasteiger partial charge is 0.465 e. The molecule has 2 fully saturated rings. The van der Waals surface area contributed by atoms with Crippen molar-refractivity contribution in [1.82, 2.24) is 15.1 Å². The molecule has 3 unspecified atom stereocenters. The van der Waals surface area contributed by atoms with E-state index in [1.807, 2.05) is 20.8 Å². The molecule has 3 aliphatic rings. The number of likely N-dealkylation sites (tertiary alicyclic amines) is 1. The van der Waals surface area contributed by atoms with Gasteiger partial charge in [-0.3, -0.25) is 29.4 Å².